The zero-order chi connectivity index (χ0) is 13.7. The van der Waals surface area contributed by atoms with Crippen molar-refractivity contribution >= 4 is 5.97 Å². The van der Waals surface area contributed by atoms with Gasteiger partial charge in [-0.05, 0) is 42.9 Å². The monoisotopic (exact) mass is 263 g/mol. The molecule has 0 aromatic heterocycles. The Morgan fingerprint density at radius 3 is 2.58 bits per heavy atom. The van der Waals surface area contributed by atoms with Gasteiger partial charge in [0.2, 0.25) is 0 Å². The highest BCUT2D eigenvalue weighted by Crippen LogP contribution is 2.24. The molecule has 4 heteroatoms. The van der Waals surface area contributed by atoms with Crippen molar-refractivity contribution in [2.75, 3.05) is 6.61 Å². The van der Waals surface area contributed by atoms with E-state index >= 15 is 0 Å². The molecular weight excluding hydrogens is 242 g/mol. The molecule has 0 spiro atoms. The van der Waals surface area contributed by atoms with Crippen molar-refractivity contribution < 1.29 is 14.6 Å². The normalized spacial score (nSPS) is 17.3. The molecule has 3 N–H and O–H groups in total. The summed E-state index contributed by atoms with van der Waals surface area (Å²) in [5, 5.41) is 9.18. The number of aromatic hydroxyl groups is 1. The van der Waals surface area contributed by atoms with Crippen LogP contribution in [0.3, 0.4) is 0 Å². The molecule has 4 nitrogen and oxygen atoms in total. The first kappa shape index (κ1) is 13.9. The lowest BCUT2D eigenvalue weighted by molar-refractivity contribution is -0.146. The van der Waals surface area contributed by atoms with Crippen LogP contribution in [0, 0.1) is 5.92 Å². The van der Waals surface area contributed by atoms with Crippen molar-refractivity contribution in [3.63, 3.8) is 0 Å². The highest BCUT2D eigenvalue weighted by Gasteiger charge is 2.20. The molecule has 0 bridgehead atoms. The molecule has 104 valence electrons. The zero-order valence-corrected chi connectivity index (χ0v) is 11.0. The number of nitrogens with two attached hydrogens (primary N) is 1. The lowest BCUT2D eigenvalue weighted by Gasteiger charge is -2.14. The molecule has 1 aromatic rings. The maximum Gasteiger partial charge on any atom is 0.323 e. The van der Waals surface area contributed by atoms with Crippen LogP contribution in [-0.2, 0) is 16.0 Å². The SMILES string of the molecule is N[C@@H](Cc1ccc(O)cc1)C(=O)OCC1CCCC1. The number of carbonyl (C=O) groups is 1. The van der Waals surface area contributed by atoms with Gasteiger partial charge in [-0.2, -0.15) is 0 Å². The minimum absolute atomic E-state index is 0.209. The number of phenols is 1. The third-order valence-electron chi connectivity index (χ3n) is 3.63. The predicted octanol–water partition coefficient (Wildman–Crippen LogP) is 2.00. The van der Waals surface area contributed by atoms with Crippen molar-refractivity contribution in [3.8, 4) is 5.75 Å². The fourth-order valence-corrected chi connectivity index (χ4v) is 2.45. The number of phenolic OH excluding ortho intramolecular Hbond substituents is 1. The Morgan fingerprint density at radius 1 is 1.32 bits per heavy atom. The van der Waals surface area contributed by atoms with Crippen molar-refractivity contribution in [2.24, 2.45) is 11.7 Å². The number of carbonyl (C=O) groups excluding carboxylic acids is 1. The average Bonchev–Trinajstić information content (AvgIpc) is 2.91. The third kappa shape index (κ3) is 4.24. The molecule has 1 aliphatic carbocycles. The fourth-order valence-electron chi connectivity index (χ4n) is 2.45. The minimum Gasteiger partial charge on any atom is -0.508 e. The van der Waals surface area contributed by atoms with Crippen molar-refractivity contribution in [1.82, 2.24) is 0 Å². The van der Waals surface area contributed by atoms with Crippen LogP contribution in [-0.4, -0.2) is 23.7 Å². The molecule has 0 unspecified atom stereocenters. The first-order valence-corrected chi connectivity index (χ1v) is 6.85. The van der Waals surface area contributed by atoms with Gasteiger partial charge in [-0.1, -0.05) is 25.0 Å². The minimum atomic E-state index is -0.633. The Bertz CT molecular complexity index is 410. The smallest absolute Gasteiger partial charge is 0.323 e. The van der Waals surface area contributed by atoms with E-state index in [1.807, 2.05) is 0 Å². The Hall–Kier alpha value is -1.55. The van der Waals surface area contributed by atoms with Crippen LogP contribution in [0.5, 0.6) is 5.75 Å². The second-order valence-electron chi connectivity index (χ2n) is 5.26. The van der Waals surface area contributed by atoms with E-state index in [0.717, 1.165) is 18.4 Å². The average molecular weight is 263 g/mol. The Labute approximate surface area is 113 Å². The molecule has 0 amide bonds. The summed E-state index contributed by atoms with van der Waals surface area (Å²) in [6, 6.07) is 6.07. The summed E-state index contributed by atoms with van der Waals surface area (Å²) in [4.78, 5) is 11.8. The van der Waals surface area contributed by atoms with Gasteiger partial charge in [-0.3, -0.25) is 4.79 Å². The van der Waals surface area contributed by atoms with Gasteiger partial charge >= 0.3 is 5.97 Å². The maximum atomic E-state index is 11.8. The maximum absolute atomic E-state index is 11.8. The highest BCUT2D eigenvalue weighted by atomic mass is 16.5. The van der Waals surface area contributed by atoms with Crippen LogP contribution >= 0.6 is 0 Å². The van der Waals surface area contributed by atoms with Crippen molar-refractivity contribution in [2.45, 2.75) is 38.1 Å². The summed E-state index contributed by atoms with van der Waals surface area (Å²) in [5.41, 5.74) is 6.75. The number of benzene rings is 1. The number of esters is 1. The van der Waals surface area contributed by atoms with E-state index in [4.69, 9.17) is 10.5 Å². The lowest BCUT2D eigenvalue weighted by Crippen LogP contribution is -2.35. The summed E-state index contributed by atoms with van der Waals surface area (Å²) >= 11 is 0. The predicted molar refractivity (Wildman–Crippen MR) is 72.7 cm³/mol. The second-order valence-corrected chi connectivity index (χ2v) is 5.26. The largest absolute Gasteiger partial charge is 0.508 e. The first-order valence-electron chi connectivity index (χ1n) is 6.85. The molecule has 0 saturated heterocycles. The van der Waals surface area contributed by atoms with Crippen LogP contribution in [0.1, 0.15) is 31.2 Å². The zero-order valence-electron chi connectivity index (χ0n) is 11.0. The molecule has 2 rings (SSSR count). The molecule has 1 atom stereocenters. The van der Waals surface area contributed by atoms with Crippen molar-refractivity contribution in [3.05, 3.63) is 29.8 Å². The van der Waals surface area contributed by atoms with Gasteiger partial charge < -0.3 is 15.6 Å². The van der Waals surface area contributed by atoms with Gasteiger partial charge in [0.1, 0.15) is 11.8 Å². The Morgan fingerprint density at radius 2 is 1.95 bits per heavy atom. The summed E-state index contributed by atoms with van der Waals surface area (Å²) in [7, 11) is 0. The molecule has 19 heavy (non-hydrogen) atoms. The van der Waals surface area contributed by atoms with Gasteiger partial charge in [0.05, 0.1) is 6.61 Å². The van der Waals surface area contributed by atoms with Gasteiger partial charge in [-0.15, -0.1) is 0 Å². The Kier molecular flexibility index (Phi) is 4.80. The molecule has 1 fully saturated rings. The van der Waals surface area contributed by atoms with Gasteiger partial charge in [-0.25, -0.2) is 0 Å². The summed E-state index contributed by atoms with van der Waals surface area (Å²) < 4.78 is 5.27. The molecule has 0 heterocycles. The lowest BCUT2D eigenvalue weighted by atomic mass is 10.1. The number of hydrogen-bond acceptors (Lipinski definition) is 4. The van der Waals surface area contributed by atoms with E-state index < -0.39 is 6.04 Å². The van der Waals surface area contributed by atoms with Gasteiger partial charge in [0, 0.05) is 0 Å². The topological polar surface area (TPSA) is 72.5 Å². The first-order chi connectivity index (χ1) is 9.15. The summed E-state index contributed by atoms with van der Waals surface area (Å²) in [5.74, 6) is 0.394. The van der Waals surface area contributed by atoms with Crippen LogP contribution < -0.4 is 5.73 Å². The summed E-state index contributed by atoms with van der Waals surface area (Å²) in [6.07, 6.45) is 5.22. The van der Waals surface area contributed by atoms with E-state index in [0.29, 0.717) is 18.9 Å². The number of rotatable bonds is 5. The standard InChI is InChI=1S/C15H21NO3/c16-14(9-11-5-7-13(17)8-6-11)15(18)19-10-12-3-1-2-4-12/h5-8,12,14,17H,1-4,9-10,16H2/t14-/m0/s1. The van der Waals surface area contributed by atoms with Crippen LogP contribution in [0.25, 0.3) is 0 Å². The van der Waals surface area contributed by atoms with E-state index in [9.17, 15) is 9.90 Å². The van der Waals surface area contributed by atoms with E-state index in [-0.39, 0.29) is 11.7 Å². The molecule has 1 aliphatic rings. The molecule has 0 radical (unpaired) electrons. The van der Waals surface area contributed by atoms with E-state index in [1.54, 1.807) is 24.3 Å². The molecular formula is C15H21NO3. The molecule has 1 aromatic carbocycles. The van der Waals surface area contributed by atoms with Crippen LogP contribution in [0.2, 0.25) is 0 Å². The van der Waals surface area contributed by atoms with Crippen LogP contribution in [0.15, 0.2) is 24.3 Å². The highest BCUT2D eigenvalue weighted by molar-refractivity contribution is 5.75. The quantitative estimate of drug-likeness (QED) is 0.797. The third-order valence-corrected chi connectivity index (χ3v) is 3.63. The number of ether oxygens (including phenoxy) is 1. The van der Waals surface area contributed by atoms with Gasteiger partial charge in [0.25, 0.3) is 0 Å². The Balaban J connectivity index is 1.76. The van der Waals surface area contributed by atoms with E-state index in [1.165, 1.54) is 12.8 Å². The number of hydrogen-bond donors (Lipinski definition) is 2. The van der Waals surface area contributed by atoms with Crippen LogP contribution in [0.4, 0.5) is 0 Å². The molecule has 1 saturated carbocycles. The summed E-state index contributed by atoms with van der Waals surface area (Å²) in [6.45, 7) is 0.502. The fraction of sp³-hybridized carbons (Fsp3) is 0.533. The van der Waals surface area contributed by atoms with E-state index in [2.05, 4.69) is 0 Å². The second kappa shape index (κ2) is 6.57. The molecule has 0 aliphatic heterocycles. The van der Waals surface area contributed by atoms with Crippen molar-refractivity contribution in [1.29, 1.82) is 0 Å². The van der Waals surface area contributed by atoms with Gasteiger partial charge in [0.15, 0.2) is 0 Å².